The molecule has 0 bridgehead atoms. The zero-order chi connectivity index (χ0) is 11.3. The number of halogens is 1. The molecule has 0 aliphatic heterocycles. The van der Waals surface area contributed by atoms with E-state index in [0.29, 0.717) is 6.04 Å². The first-order valence-corrected chi connectivity index (χ1v) is 6.81. The van der Waals surface area contributed by atoms with Crippen LogP contribution in [0.1, 0.15) is 44.0 Å². The molecule has 0 radical (unpaired) electrons. The lowest BCUT2D eigenvalue weighted by Crippen LogP contribution is -2.15. The van der Waals surface area contributed by atoms with Crippen molar-refractivity contribution in [1.29, 1.82) is 0 Å². The highest BCUT2D eigenvalue weighted by atomic mass is 35.5. The smallest absolute Gasteiger partial charge is 0.0561 e. The van der Waals surface area contributed by atoms with Gasteiger partial charge in [0.1, 0.15) is 0 Å². The Morgan fingerprint density at radius 2 is 2.13 bits per heavy atom. The Balaban J connectivity index is 2.46. The molecule has 1 heterocycles. The summed E-state index contributed by atoms with van der Waals surface area (Å²) in [5, 5.41) is 6.31. The monoisotopic (exact) mass is 245 g/mol. The van der Waals surface area contributed by atoms with Crippen LogP contribution in [0.4, 0.5) is 0 Å². The summed E-state index contributed by atoms with van der Waals surface area (Å²) in [5.41, 5.74) is 0. The molecule has 1 nitrogen and oxygen atoms in total. The third-order valence-corrected chi connectivity index (χ3v) is 4.06. The van der Waals surface area contributed by atoms with Gasteiger partial charge in [0.15, 0.2) is 0 Å². The van der Waals surface area contributed by atoms with Gasteiger partial charge in [0, 0.05) is 10.9 Å². The van der Waals surface area contributed by atoms with Gasteiger partial charge in [0.05, 0.1) is 5.02 Å². The Kier molecular flexibility index (Phi) is 5.65. The van der Waals surface area contributed by atoms with Gasteiger partial charge in [0.25, 0.3) is 0 Å². The Hall–Kier alpha value is -0.0500. The fraction of sp³-hybridized carbons (Fsp3) is 0.667. The van der Waals surface area contributed by atoms with Gasteiger partial charge in [-0.2, -0.15) is 0 Å². The van der Waals surface area contributed by atoms with Crippen molar-refractivity contribution in [3.63, 3.8) is 0 Å². The fourth-order valence-corrected chi connectivity index (χ4v) is 3.03. The van der Waals surface area contributed by atoms with E-state index < -0.39 is 0 Å². The Morgan fingerprint density at radius 3 is 2.60 bits per heavy atom. The Bertz CT molecular complexity index is 283. The summed E-state index contributed by atoms with van der Waals surface area (Å²) in [6.07, 6.45) is 3.73. The highest BCUT2D eigenvalue weighted by molar-refractivity contribution is 7.10. The fourth-order valence-electron chi connectivity index (χ4n) is 1.69. The quantitative estimate of drug-likeness (QED) is 0.779. The van der Waals surface area contributed by atoms with Crippen molar-refractivity contribution in [2.75, 3.05) is 7.05 Å². The van der Waals surface area contributed by atoms with E-state index in [0.717, 1.165) is 10.9 Å². The van der Waals surface area contributed by atoms with Crippen LogP contribution in [-0.2, 0) is 0 Å². The van der Waals surface area contributed by atoms with Gasteiger partial charge in [-0.05, 0) is 30.8 Å². The van der Waals surface area contributed by atoms with Crippen molar-refractivity contribution in [2.24, 2.45) is 5.92 Å². The summed E-state index contributed by atoms with van der Waals surface area (Å²) < 4.78 is 0. The van der Waals surface area contributed by atoms with E-state index >= 15 is 0 Å². The van der Waals surface area contributed by atoms with Crippen LogP contribution < -0.4 is 5.32 Å². The molecule has 15 heavy (non-hydrogen) atoms. The first-order valence-electron chi connectivity index (χ1n) is 5.55. The van der Waals surface area contributed by atoms with Crippen molar-refractivity contribution in [3.05, 3.63) is 21.3 Å². The number of rotatable bonds is 6. The summed E-state index contributed by atoms with van der Waals surface area (Å²) in [6, 6.07) is 2.41. The molecule has 0 spiro atoms. The average Bonchev–Trinajstić information content (AvgIpc) is 2.59. The molecular formula is C12H20ClNS. The molecule has 0 aliphatic carbocycles. The van der Waals surface area contributed by atoms with Gasteiger partial charge in [-0.25, -0.2) is 0 Å². The summed E-state index contributed by atoms with van der Waals surface area (Å²) in [6.45, 7) is 4.54. The summed E-state index contributed by atoms with van der Waals surface area (Å²) in [4.78, 5) is 1.28. The first kappa shape index (κ1) is 13.0. The third kappa shape index (κ3) is 4.13. The average molecular weight is 246 g/mol. The van der Waals surface area contributed by atoms with Gasteiger partial charge < -0.3 is 5.32 Å². The predicted octanol–water partition coefficient (Wildman–Crippen LogP) is 4.49. The van der Waals surface area contributed by atoms with E-state index in [9.17, 15) is 0 Å². The minimum atomic E-state index is 0.427. The molecule has 1 unspecified atom stereocenters. The van der Waals surface area contributed by atoms with E-state index in [1.807, 2.05) is 13.1 Å². The van der Waals surface area contributed by atoms with Gasteiger partial charge in [-0.15, -0.1) is 11.3 Å². The van der Waals surface area contributed by atoms with Crippen LogP contribution in [0, 0.1) is 5.92 Å². The maximum atomic E-state index is 6.13. The Morgan fingerprint density at radius 1 is 1.40 bits per heavy atom. The summed E-state index contributed by atoms with van der Waals surface area (Å²) >= 11 is 7.87. The number of thiophene rings is 1. The van der Waals surface area contributed by atoms with Crippen LogP contribution in [-0.4, -0.2) is 7.05 Å². The van der Waals surface area contributed by atoms with Crippen molar-refractivity contribution in [1.82, 2.24) is 5.32 Å². The van der Waals surface area contributed by atoms with E-state index in [1.54, 1.807) is 11.3 Å². The van der Waals surface area contributed by atoms with Crippen molar-refractivity contribution < 1.29 is 0 Å². The van der Waals surface area contributed by atoms with Crippen LogP contribution in [0.25, 0.3) is 0 Å². The zero-order valence-corrected chi connectivity index (χ0v) is 11.3. The maximum absolute atomic E-state index is 6.13. The largest absolute Gasteiger partial charge is 0.312 e. The number of hydrogen-bond donors (Lipinski definition) is 1. The van der Waals surface area contributed by atoms with Crippen molar-refractivity contribution >= 4 is 22.9 Å². The summed E-state index contributed by atoms with van der Waals surface area (Å²) in [7, 11) is 2.01. The molecule has 0 fully saturated rings. The van der Waals surface area contributed by atoms with Gasteiger partial charge in [0.2, 0.25) is 0 Å². The first-order chi connectivity index (χ1) is 7.15. The molecule has 1 aromatic heterocycles. The highest BCUT2D eigenvalue weighted by Gasteiger charge is 2.13. The summed E-state index contributed by atoms with van der Waals surface area (Å²) in [5.74, 6) is 0.793. The zero-order valence-electron chi connectivity index (χ0n) is 9.72. The molecule has 1 rings (SSSR count). The molecule has 0 aliphatic rings. The van der Waals surface area contributed by atoms with Crippen molar-refractivity contribution in [2.45, 2.75) is 39.2 Å². The molecule has 86 valence electrons. The molecule has 0 saturated heterocycles. The third-order valence-electron chi connectivity index (χ3n) is 2.58. The second-order valence-corrected chi connectivity index (χ2v) is 5.65. The van der Waals surface area contributed by atoms with Crippen LogP contribution in [0.3, 0.4) is 0 Å². The van der Waals surface area contributed by atoms with Crippen molar-refractivity contribution in [3.8, 4) is 0 Å². The second kappa shape index (κ2) is 6.51. The molecule has 0 amide bonds. The predicted molar refractivity (Wildman–Crippen MR) is 69.8 cm³/mol. The van der Waals surface area contributed by atoms with Crippen LogP contribution in [0.5, 0.6) is 0 Å². The van der Waals surface area contributed by atoms with Crippen LogP contribution in [0.15, 0.2) is 11.4 Å². The number of hydrogen-bond acceptors (Lipinski definition) is 2. The van der Waals surface area contributed by atoms with E-state index in [1.165, 1.54) is 24.1 Å². The molecule has 0 aromatic carbocycles. The van der Waals surface area contributed by atoms with E-state index in [-0.39, 0.29) is 0 Å². The van der Waals surface area contributed by atoms with Crippen LogP contribution in [0.2, 0.25) is 5.02 Å². The van der Waals surface area contributed by atoms with E-state index in [4.69, 9.17) is 11.6 Å². The lowest BCUT2D eigenvalue weighted by atomic mass is 10.0. The second-order valence-electron chi connectivity index (χ2n) is 4.30. The molecule has 0 saturated carbocycles. The normalized spacial score (nSPS) is 13.4. The van der Waals surface area contributed by atoms with E-state index in [2.05, 4.69) is 24.5 Å². The minimum Gasteiger partial charge on any atom is -0.312 e. The Labute approximate surface area is 102 Å². The van der Waals surface area contributed by atoms with Gasteiger partial charge in [-0.1, -0.05) is 38.3 Å². The lowest BCUT2D eigenvalue weighted by Gasteiger charge is -2.15. The number of nitrogens with one attached hydrogen (secondary N) is 1. The topological polar surface area (TPSA) is 12.0 Å². The molecule has 1 aromatic rings. The molecule has 3 heteroatoms. The molecule has 1 atom stereocenters. The lowest BCUT2D eigenvalue weighted by molar-refractivity contribution is 0.474. The van der Waals surface area contributed by atoms with Gasteiger partial charge >= 0.3 is 0 Å². The van der Waals surface area contributed by atoms with Crippen LogP contribution >= 0.6 is 22.9 Å². The van der Waals surface area contributed by atoms with Gasteiger partial charge in [-0.3, -0.25) is 0 Å². The SMILES string of the molecule is CNC(CCCC(C)C)c1sccc1Cl. The highest BCUT2D eigenvalue weighted by Crippen LogP contribution is 2.31. The maximum Gasteiger partial charge on any atom is 0.0561 e. The molecule has 1 N–H and O–H groups in total. The standard InChI is InChI=1S/C12H20ClNS/c1-9(2)5-4-6-11(14-3)12-10(13)7-8-15-12/h7-9,11,14H,4-6H2,1-3H3. The molecular weight excluding hydrogens is 226 g/mol. The minimum absolute atomic E-state index is 0.427.